The molecule has 4 fully saturated rings. The smallest absolute Gasteiger partial charge is 0.415 e. The Kier molecular flexibility index (Phi) is 27.5. The number of likely N-dealkylation sites (tertiary alicyclic amines) is 4. The Hall–Kier alpha value is -9.40. The molecule has 0 aromatic heterocycles. The predicted octanol–water partition coefficient (Wildman–Crippen LogP) is 4.58. The van der Waals surface area contributed by atoms with Crippen molar-refractivity contribution in [3.05, 3.63) is 70.2 Å². The summed E-state index contributed by atoms with van der Waals surface area (Å²) in [4.78, 5) is 153. The first-order chi connectivity index (χ1) is 55.5. The van der Waals surface area contributed by atoms with E-state index >= 15 is 0 Å². The standard InChI is InChI=1S/C84H120N14O18/c1-49(99)15-22-68(104)94-59(13-10-32-91-78(87)88)61(103)19-18-56-42-51(25-34-97(56)79(107)113-64-23-27-81(3)66-45-52-16-20-62(109-7)71-69(52)83(81,73(64)115-71)29-36-95(66)5)60(102)14-11-38-111-40-41-112-39-33-89-75(105)55-26-35-98(57(43-55)47-93-76(106)54(12-9-31-90-77(85)86)44-58(101)48-92-50(2)100)80(108)114-65-24-28-82(4)67-46-53-17-21-63(110-8)72-70(53)84(82,74(65)116-72)30-37-96(67)6/h16-17,20-21,23-24,51,54-57,59,66-67,73-74H,9-15,18-19,22,25-48H2,1-8H3,(H,89,105)(H,92,100)(H,93,106)(H,94,104)(H4,85,86,90)(H4,87,88,91)/t51?,54-,55?,56?,57?,59+,66-,67-,73+,74+,81+,82+,83+,84+/m1/s1. The molecule has 14 atom stereocenters. The third-order valence-corrected chi connectivity index (χ3v) is 27.0. The van der Waals surface area contributed by atoms with Gasteiger partial charge in [0.2, 0.25) is 23.6 Å². The first-order valence-electron chi connectivity index (χ1n) is 41.5. The van der Waals surface area contributed by atoms with Gasteiger partial charge in [-0.1, -0.05) is 26.0 Å². The molecule has 12 N–H and O–H groups in total. The number of amides is 6. The number of nitrogens with zero attached hydrogens (tertiary/aromatic N) is 6. The SMILES string of the molecule is COc1ccc2c3c1O[C@H]1C(OC(=O)N4CCC(C(=O)CCCOCCOCCNC(=O)C5CCN(C(=O)OC6=CC[C@@]7(C)[C@H]8Cc9ccc(OC)c%10c9[C@@]7(CCN8C)[C@H]6O%10)C(CNC(=O)[C@H](CCCN=C(N)N)CC(=O)CNC(C)=O)C5)CC4CCC(=O)[C@H](CCCN=C(N)N)NC(=O)CCC(C)=O)=CC[C@@]4(C)[C@@H](C2)N(C)CC[C@]314. The van der Waals surface area contributed by atoms with Crippen molar-refractivity contribution in [2.45, 2.75) is 216 Å². The maximum absolute atomic E-state index is 15.0. The van der Waals surface area contributed by atoms with Crippen LogP contribution in [0.25, 0.3) is 0 Å². The summed E-state index contributed by atoms with van der Waals surface area (Å²) in [5, 5.41) is 11.3. The fourth-order valence-electron chi connectivity index (χ4n) is 20.9. The van der Waals surface area contributed by atoms with Gasteiger partial charge in [-0.25, -0.2) is 9.59 Å². The minimum atomic E-state index is -0.922. The number of guanidine groups is 2. The number of aliphatic imine (C=N–C) groups is 2. The van der Waals surface area contributed by atoms with Gasteiger partial charge in [-0.2, -0.15) is 0 Å². The van der Waals surface area contributed by atoms with Crippen molar-refractivity contribution in [3.8, 4) is 23.0 Å². The maximum Gasteiger partial charge on any atom is 0.415 e. The fraction of sp³-hybridized carbons (Fsp3) is 0.667. The van der Waals surface area contributed by atoms with Gasteiger partial charge < -0.3 is 106 Å². The molecule has 12 rings (SSSR count). The van der Waals surface area contributed by atoms with Crippen molar-refractivity contribution >= 4 is 70.9 Å². The number of nitrogens with two attached hydrogens (primary N) is 4. The Morgan fingerprint density at radius 1 is 0.621 bits per heavy atom. The monoisotopic (exact) mass is 1610 g/mol. The maximum atomic E-state index is 15.0. The van der Waals surface area contributed by atoms with Crippen LogP contribution in [0.4, 0.5) is 9.59 Å². The number of ketones is 4. The van der Waals surface area contributed by atoms with Crippen molar-refractivity contribution in [2.75, 3.05) is 114 Å². The zero-order chi connectivity index (χ0) is 83.0. The largest absolute Gasteiger partial charge is 0.493 e. The number of methoxy groups -OCH3 is 2. The Morgan fingerprint density at radius 3 is 1.72 bits per heavy atom. The molecule has 0 saturated carbocycles. The van der Waals surface area contributed by atoms with Crippen LogP contribution < -0.4 is 63.1 Å². The van der Waals surface area contributed by atoms with Crippen LogP contribution in [0.2, 0.25) is 0 Å². The van der Waals surface area contributed by atoms with E-state index in [2.05, 4.69) is 81.1 Å². The van der Waals surface area contributed by atoms with Crippen LogP contribution in [0, 0.1) is 28.6 Å². The van der Waals surface area contributed by atoms with Gasteiger partial charge in [0.15, 0.2) is 58.7 Å². The highest BCUT2D eigenvalue weighted by atomic mass is 16.6. The molecule has 6 aliphatic heterocycles. The molecule has 6 heterocycles. The summed E-state index contributed by atoms with van der Waals surface area (Å²) in [6.07, 6.45) is 8.76. The van der Waals surface area contributed by atoms with E-state index in [0.29, 0.717) is 73.0 Å². The average Bonchev–Trinajstić information content (AvgIpc) is 1.45. The molecule has 0 radical (unpaired) electrons. The van der Waals surface area contributed by atoms with Crippen LogP contribution in [0.3, 0.4) is 0 Å². The first kappa shape index (κ1) is 86.0. The second-order valence-electron chi connectivity index (χ2n) is 33.8. The Morgan fingerprint density at radius 2 is 1.16 bits per heavy atom. The van der Waals surface area contributed by atoms with Crippen molar-refractivity contribution in [3.63, 3.8) is 0 Å². The Labute approximate surface area is 678 Å². The van der Waals surface area contributed by atoms with Gasteiger partial charge >= 0.3 is 12.2 Å². The number of carbonyl (C=O) groups is 10. The van der Waals surface area contributed by atoms with Gasteiger partial charge in [-0.15, -0.1) is 0 Å². The highest BCUT2D eigenvalue weighted by Crippen LogP contribution is 2.71. The van der Waals surface area contributed by atoms with E-state index < -0.39 is 88.8 Å². The summed E-state index contributed by atoms with van der Waals surface area (Å²) in [7, 11) is 7.58. The third kappa shape index (κ3) is 17.7. The Balaban J connectivity index is 0.643. The van der Waals surface area contributed by atoms with Crippen molar-refractivity contribution in [2.24, 2.45) is 61.5 Å². The normalized spacial score (nSPS) is 27.4. The summed E-state index contributed by atoms with van der Waals surface area (Å²) in [6, 6.07) is 6.31. The number of piperidine rings is 4. The third-order valence-electron chi connectivity index (χ3n) is 27.0. The molecule has 4 unspecified atom stereocenters. The summed E-state index contributed by atoms with van der Waals surface area (Å²) >= 11 is 0. The topological polar surface area (TPSA) is 434 Å². The molecule has 32 heteroatoms. The number of carbonyl (C=O) groups excluding carboxylic acids is 10. The minimum Gasteiger partial charge on any atom is -0.493 e. The summed E-state index contributed by atoms with van der Waals surface area (Å²) in [5.74, 6) is -1.03. The van der Waals surface area contributed by atoms with E-state index in [1.54, 1.807) is 24.0 Å². The van der Waals surface area contributed by atoms with E-state index in [0.717, 1.165) is 49.9 Å². The molecule has 116 heavy (non-hydrogen) atoms. The summed E-state index contributed by atoms with van der Waals surface area (Å²) < 4.78 is 50.6. The number of hydrogen-bond donors (Lipinski definition) is 8. The van der Waals surface area contributed by atoms with E-state index in [9.17, 15) is 47.9 Å². The van der Waals surface area contributed by atoms with E-state index in [1.807, 2.05) is 24.3 Å². The van der Waals surface area contributed by atoms with Gasteiger partial charge in [-0.05, 0) is 172 Å². The number of nitrogens with one attached hydrogen (secondary N) is 4. The van der Waals surface area contributed by atoms with E-state index in [-0.39, 0.29) is 207 Å². The van der Waals surface area contributed by atoms with Crippen LogP contribution in [-0.2, 0) is 81.0 Å². The lowest BCUT2D eigenvalue weighted by Crippen LogP contribution is -2.69. The second kappa shape index (κ2) is 37.0. The molecular weight excluding hydrogens is 1490 g/mol. The molecule has 2 spiro atoms. The molecule has 4 bridgehead atoms. The summed E-state index contributed by atoms with van der Waals surface area (Å²) in [6.45, 7) is 10.3. The second-order valence-corrected chi connectivity index (χ2v) is 33.8. The zero-order valence-corrected chi connectivity index (χ0v) is 68.6. The lowest BCUT2D eigenvalue weighted by molar-refractivity contribution is -0.130. The lowest BCUT2D eigenvalue weighted by Gasteiger charge is -2.63. The van der Waals surface area contributed by atoms with Crippen LogP contribution in [0.15, 0.2) is 57.9 Å². The van der Waals surface area contributed by atoms with Crippen LogP contribution >= 0.6 is 0 Å². The number of hydrogen-bond acceptors (Lipinski definition) is 22. The number of ether oxygens (including phenoxy) is 8. The van der Waals surface area contributed by atoms with Crippen LogP contribution in [-0.4, -0.2) is 247 Å². The van der Waals surface area contributed by atoms with Crippen molar-refractivity contribution in [1.29, 1.82) is 0 Å². The molecule has 10 aliphatic rings. The van der Waals surface area contributed by atoms with Gasteiger partial charge in [0, 0.05) is 143 Å². The number of rotatable bonds is 39. The first-order valence-corrected chi connectivity index (χ1v) is 41.5. The molecule has 32 nitrogen and oxygen atoms in total. The van der Waals surface area contributed by atoms with Crippen LogP contribution in [0.1, 0.15) is 172 Å². The highest BCUT2D eigenvalue weighted by Gasteiger charge is 2.72. The molecule has 6 amide bonds. The van der Waals surface area contributed by atoms with Crippen molar-refractivity contribution < 1.29 is 85.8 Å². The van der Waals surface area contributed by atoms with E-state index in [4.69, 9.17) is 60.8 Å². The molecule has 2 aromatic rings. The lowest BCUT2D eigenvalue weighted by atomic mass is 9.45. The number of likely N-dealkylation sites (N-methyl/N-ethyl adjacent to an activating group) is 2. The quantitative estimate of drug-likeness (QED) is 0.0258. The fourth-order valence-corrected chi connectivity index (χ4v) is 20.9. The van der Waals surface area contributed by atoms with Crippen molar-refractivity contribution in [1.82, 2.24) is 40.9 Å². The van der Waals surface area contributed by atoms with Gasteiger partial charge in [0.1, 0.15) is 23.1 Å². The van der Waals surface area contributed by atoms with Gasteiger partial charge in [-0.3, -0.25) is 43.5 Å². The Bertz CT molecular complexity index is 3920. The minimum absolute atomic E-state index is 0.00431. The average molecular weight is 1610 g/mol. The van der Waals surface area contributed by atoms with Gasteiger partial charge in [0.05, 0.1) is 63.5 Å². The molecule has 4 aliphatic carbocycles. The van der Waals surface area contributed by atoms with Gasteiger partial charge in [0.25, 0.3) is 0 Å². The molecule has 4 saturated heterocycles. The number of Topliss-reactive ketones (excluding diaryl/α,β-unsaturated/α-hetero) is 4. The predicted molar refractivity (Wildman–Crippen MR) is 428 cm³/mol. The zero-order valence-electron chi connectivity index (χ0n) is 68.6. The number of benzene rings is 2. The summed E-state index contributed by atoms with van der Waals surface area (Å²) in [5.41, 5.74) is 25.4. The molecule has 2 aromatic carbocycles. The highest BCUT2D eigenvalue weighted by molar-refractivity contribution is 5.91. The number of allylic oxidation sites excluding steroid dienone is 2. The van der Waals surface area contributed by atoms with E-state index in [1.165, 1.54) is 25.0 Å². The molecular formula is C84H120N14O18. The molecule has 634 valence electrons. The van der Waals surface area contributed by atoms with Crippen LogP contribution in [0.5, 0.6) is 23.0 Å².